The van der Waals surface area contributed by atoms with Crippen LogP contribution in [0.1, 0.15) is 246 Å². The zero-order valence-electron chi connectivity index (χ0n) is 40.8. The van der Waals surface area contributed by atoms with Gasteiger partial charge in [0.25, 0.3) is 0 Å². The molecule has 13 heteroatoms. The number of aliphatic hydroxyl groups is 2. The third kappa shape index (κ3) is 32.6. The maximum atomic E-state index is 14.2. The van der Waals surface area contributed by atoms with Gasteiger partial charge < -0.3 is 0 Å². The van der Waals surface area contributed by atoms with E-state index in [0.717, 1.165) is 38.5 Å². The molecule has 0 spiro atoms. The topological polar surface area (TPSA) is 146 Å². The maximum absolute atomic E-state index is 14.2. The van der Waals surface area contributed by atoms with Crippen LogP contribution in [-0.2, 0) is 34.8 Å². The van der Waals surface area contributed by atoms with Gasteiger partial charge in [0.05, 0.1) is 0 Å². The smallest absolute Gasteiger partial charge is 0.0654 e. The molecule has 0 aliphatic carbocycles. The molecule has 2 atom stereocenters. The fourth-order valence-electron chi connectivity index (χ4n) is 8.18. The Balaban J connectivity index is 5.72. The van der Waals surface area contributed by atoms with E-state index in [4.69, 9.17) is 15.6 Å². The number of hydrogen-bond donors (Lipinski definition) is 4. The first-order valence-corrected chi connectivity index (χ1v) is 33.5. The van der Waals surface area contributed by atoms with Crippen molar-refractivity contribution in [2.75, 3.05) is 24.7 Å². The molecule has 0 amide bonds. The Morgan fingerprint density at radius 2 is 0.667 bits per heavy atom. The Bertz CT molecular complexity index is 1060. The van der Waals surface area contributed by atoms with Crippen LogP contribution in [0.25, 0.3) is 0 Å². The van der Waals surface area contributed by atoms with Gasteiger partial charge in [-0.3, -0.25) is 0 Å². The van der Waals surface area contributed by atoms with Crippen LogP contribution in [0, 0.1) is 0 Å². The quantitative estimate of drug-likeness (QED) is 0.0201. The van der Waals surface area contributed by atoms with E-state index in [2.05, 4.69) is 39.1 Å². The molecule has 10 nitrogen and oxygen atoms in total. The first-order valence-electron chi connectivity index (χ1n) is 25.9. The molecule has 0 saturated carbocycles. The van der Waals surface area contributed by atoms with Crippen molar-refractivity contribution in [1.82, 2.24) is 0 Å². The van der Waals surface area contributed by atoms with E-state index in [1.165, 1.54) is 128 Å². The predicted octanol–water partition coefficient (Wildman–Crippen LogP) is 13.3. The van der Waals surface area contributed by atoms with Crippen molar-refractivity contribution in [2.24, 2.45) is 0 Å². The van der Waals surface area contributed by atoms with Gasteiger partial charge in [-0.15, -0.1) is 0 Å². The Labute approximate surface area is 401 Å². The molecule has 2 N–H and O–H groups in total. The summed E-state index contributed by atoms with van der Waals surface area (Å²) in [6, 6.07) is 0. The molecule has 0 rings (SSSR count). The molecule has 0 aliphatic rings. The van der Waals surface area contributed by atoms with Gasteiger partial charge in [-0.1, -0.05) is 90.9 Å². The Morgan fingerprint density at radius 3 is 0.905 bits per heavy atom. The average Bonchev–Trinajstić information content (AvgIpc) is 3.25. The van der Waals surface area contributed by atoms with Crippen LogP contribution >= 0.6 is 25.3 Å². The zero-order chi connectivity index (χ0) is 46.9. The molecule has 0 saturated heterocycles. The molecule has 2 unspecified atom stereocenters. The average molecular weight is 1040 g/mol. The minimum absolute atomic E-state index is 0.0156. The minimum Gasteiger partial charge on any atom is -0.0654 e. The first kappa shape index (κ1) is 62.3. The summed E-state index contributed by atoms with van der Waals surface area (Å²) in [5.41, 5.74) is -3.81. The van der Waals surface area contributed by atoms with Gasteiger partial charge in [-0.25, -0.2) is 0 Å². The second-order valence-corrected chi connectivity index (χ2v) is 28.1. The SMILES string of the molecule is CCCCCCCCCCCCCCCCC(O)(CCS)C(=O)[O][Sn]([CH2]CC(=O)OCC)([CH2]CC(=O)OCC)[O]C(=O)C(O)(CCS)CCCCCCCCCCCCCCCC. The van der Waals surface area contributed by atoms with E-state index < -0.39 is 54.3 Å². The van der Waals surface area contributed by atoms with Gasteiger partial charge in [0.2, 0.25) is 0 Å². The van der Waals surface area contributed by atoms with Crippen LogP contribution in [0.15, 0.2) is 0 Å². The molecule has 372 valence electrons. The standard InChI is InChI=1S/2C20H40O3S.2C5H9O2.Sn/c2*1-2-3-4-5-6-7-8-9-10-11-12-13-14-15-16-20(23,17-18-24)19(21)22;2*1-3-5(6)7-4-2;/h2*23-24H,2-18H2,1H3,(H,21,22);2*1,3-4H2,2H3;/q;;;;+2/p-2. The van der Waals surface area contributed by atoms with Gasteiger partial charge in [0.15, 0.2) is 0 Å². The van der Waals surface area contributed by atoms with E-state index >= 15 is 0 Å². The molecule has 0 aliphatic heterocycles. The Kier molecular flexibility index (Phi) is 41.0. The molecule has 0 radical (unpaired) electrons. The summed E-state index contributed by atoms with van der Waals surface area (Å²) in [5.74, 6) is -2.59. The molecule has 0 fully saturated rings. The van der Waals surface area contributed by atoms with E-state index in [-0.39, 0.29) is 72.1 Å². The molecule has 0 aromatic carbocycles. The summed E-state index contributed by atoms with van der Waals surface area (Å²) in [5, 5.41) is 23.7. The van der Waals surface area contributed by atoms with E-state index in [0.29, 0.717) is 12.8 Å². The van der Waals surface area contributed by atoms with Crippen molar-refractivity contribution >= 4 is 68.3 Å². The molecule has 0 heterocycles. The van der Waals surface area contributed by atoms with E-state index in [1.54, 1.807) is 13.8 Å². The van der Waals surface area contributed by atoms with Gasteiger partial charge in [0.1, 0.15) is 0 Å². The van der Waals surface area contributed by atoms with Crippen molar-refractivity contribution in [2.45, 2.75) is 266 Å². The fourth-order valence-corrected chi connectivity index (χ4v) is 17.3. The van der Waals surface area contributed by atoms with Crippen LogP contribution in [0.5, 0.6) is 0 Å². The van der Waals surface area contributed by atoms with Gasteiger partial charge in [-0.2, -0.15) is 0 Å². The monoisotopic (exact) mass is 1040 g/mol. The summed E-state index contributed by atoms with van der Waals surface area (Å²) in [4.78, 5) is 53.9. The number of ether oxygens (including phenoxy) is 2. The van der Waals surface area contributed by atoms with Crippen molar-refractivity contribution < 1.29 is 45.0 Å². The number of unbranched alkanes of at least 4 members (excludes halogenated alkanes) is 26. The van der Waals surface area contributed by atoms with Gasteiger partial charge >= 0.3 is 313 Å². The molecule has 0 aromatic heterocycles. The molecular weight excluding hydrogens is 943 g/mol. The normalized spacial score (nSPS) is 13.6. The molecule has 63 heavy (non-hydrogen) atoms. The Morgan fingerprint density at radius 1 is 0.413 bits per heavy atom. The van der Waals surface area contributed by atoms with Gasteiger partial charge in [-0.05, 0) is 0 Å². The number of rotatable bonds is 46. The van der Waals surface area contributed by atoms with Crippen LogP contribution in [0.3, 0.4) is 0 Å². The van der Waals surface area contributed by atoms with Crippen LogP contribution in [0.2, 0.25) is 8.87 Å². The summed E-state index contributed by atoms with van der Waals surface area (Å²) >= 11 is 3.44. The van der Waals surface area contributed by atoms with Crippen molar-refractivity contribution in [3.63, 3.8) is 0 Å². The Hall–Kier alpha value is -0.701. The number of carbonyl (C=O) groups is 4. The number of carbonyl (C=O) groups excluding carboxylic acids is 4. The van der Waals surface area contributed by atoms with Crippen molar-refractivity contribution in [1.29, 1.82) is 0 Å². The number of thiol groups is 2. The van der Waals surface area contributed by atoms with Gasteiger partial charge in [0, 0.05) is 0 Å². The third-order valence-corrected chi connectivity index (χ3v) is 21.7. The van der Waals surface area contributed by atoms with E-state index in [1.807, 2.05) is 0 Å². The fraction of sp³-hybridized carbons (Fsp3) is 0.920. The second kappa shape index (κ2) is 41.5. The third-order valence-electron chi connectivity index (χ3n) is 12.3. The molecule has 0 aromatic rings. The van der Waals surface area contributed by atoms with Crippen LogP contribution in [-0.4, -0.2) is 89.2 Å². The minimum atomic E-state index is -5.28. The zero-order valence-corrected chi connectivity index (χ0v) is 45.5. The van der Waals surface area contributed by atoms with E-state index in [9.17, 15) is 29.4 Å². The first-order chi connectivity index (χ1) is 30.4. The van der Waals surface area contributed by atoms with Crippen LogP contribution in [0.4, 0.5) is 0 Å². The summed E-state index contributed by atoms with van der Waals surface area (Å²) in [7, 11) is 0. The predicted molar refractivity (Wildman–Crippen MR) is 267 cm³/mol. The second-order valence-electron chi connectivity index (χ2n) is 18.0. The summed E-state index contributed by atoms with van der Waals surface area (Å²) < 4.78 is 22.6. The van der Waals surface area contributed by atoms with Crippen LogP contribution < -0.4 is 0 Å². The number of esters is 2. The molecular formula is C50H96O10S2Sn. The molecule has 0 bridgehead atoms. The summed E-state index contributed by atoms with van der Waals surface area (Å²) in [6.07, 6.45) is 32.7. The number of hydrogen-bond acceptors (Lipinski definition) is 12. The van der Waals surface area contributed by atoms with Crippen molar-refractivity contribution in [3.05, 3.63) is 0 Å². The summed E-state index contributed by atoms with van der Waals surface area (Å²) in [6.45, 7) is 8.11. The van der Waals surface area contributed by atoms with Crippen molar-refractivity contribution in [3.8, 4) is 0 Å².